The van der Waals surface area contributed by atoms with Gasteiger partial charge in [-0.3, -0.25) is 0 Å². The first kappa shape index (κ1) is 9.10. The molecule has 1 N–H and O–H groups in total. The molecule has 2 heteroatoms. The molecule has 0 aromatic heterocycles. The van der Waals surface area contributed by atoms with E-state index >= 15 is 0 Å². The summed E-state index contributed by atoms with van der Waals surface area (Å²) in [5, 5.41) is 9.57. The van der Waals surface area contributed by atoms with E-state index in [0.29, 0.717) is 5.92 Å². The Morgan fingerprint density at radius 2 is 2.08 bits per heavy atom. The summed E-state index contributed by atoms with van der Waals surface area (Å²) in [6.45, 7) is 1.84. The number of aliphatic hydroxyl groups excluding tert-OH is 1. The van der Waals surface area contributed by atoms with Gasteiger partial charge >= 0.3 is 0 Å². The highest BCUT2D eigenvalue weighted by molar-refractivity contribution is 8.00. The van der Waals surface area contributed by atoms with Crippen LogP contribution in [0.3, 0.4) is 0 Å². The summed E-state index contributed by atoms with van der Waals surface area (Å²) >= 11 is 1.98. The minimum absolute atomic E-state index is 0.332. The Kier molecular flexibility index (Phi) is 2.61. The van der Waals surface area contributed by atoms with Gasteiger partial charge in [0.15, 0.2) is 0 Å². The highest BCUT2D eigenvalue weighted by Crippen LogP contribution is 2.37. The topological polar surface area (TPSA) is 20.2 Å². The van der Waals surface area contributed by atoms with Gasteiger partial charge in [0.2, 0.25) is 0 Å². The molecule has 1 nitrogen and oxygen atoms in total. The molecule has 1 atom stereocenters. The molecule has 0 bridgehead atoms. The van der Waals surface area contributed by atoms with Crippen molar-refractivity contribution in [2.45, 2.75) is 18.9 Å². The van der Waals surface area contributed by atoms with Crippen molar-refractivity contribution in [2.75, 3.05) is 11.5 Å². The van der Waals surface area contributed by atoms with Gasteiger partial charge in [-0.1, -0.05) is 24.3 Å². The van der Waals surface area contributed by atoms with Crippen LogP contribution in [0.5, 0.6) is 0 Å². The fraction of sp³-hybridized carbons (Fsp3) is 0.455. The molecule has 0 spiro atoms. The lowest BCUT2D eigenvalue weighted by Gasteiger charge is -2.28. The van der Waals surface area contributed by atoms with E-state index < -0.39 is 0 Å². The highest BCUT2D eigenvalue weighted by Gasteiger charge is 2.23. The van der Waals surface area contributed by atoms with Crippen molar-refractivity contribution in [3.8, 4) is 0 Å². The van der Waals surface area contributed by atoms with Crippen LogP contribution in [0.2, 0.25) is 0 Å². The Morgan fingerprint density at radius 3 is 2.62 bits per heavy atom. The summed E-state index contributed by atoms with van der Waals surface area (Å²) in [7, 11) is 0. The molecule has 1 fully saturated rings. The molecule has 0 radical (unpaired) electrons. The molecule has 1 aromatic carbocycles. The van der Waals surface area contributed by atoms with Gasteiger partial charge in [-0.15, -0.1) is 0 Å². The second-order valence-electron chi connectivity index (χ2n) is 3.54. The van der Waals surface area contributed by atoms with E-state index in [0.717, 1.165) is 5.56 Å². The van der Waals surface area contributed by atoms with Crippen LogP contribution < -0.4 is 0 Å². The van der Waals surface area contributed by atoms with Crippen LogP contribution in [0.25, 0.3) is 0 Å². The van der Waals surface area contributed by atoms with E-state index in [9.17, 15) is 5.11 Å². The SMILES string of the molecule is CC(O)c1ccccc1C1CSC1. The smallest absolute Gasteiger partial charge is 0.0764 e. The minimum atomic E-state index is -0.332. The summed E-state index contributed by atoms with van der Waals surface area (Å²) < 4.78 is 0. The van der Waals surface area contributed by atoms with E-state index in [1.54, 1.807) is 0 Å². The molecular weight excluding hydrogens is 180 g/mol. The Morgan fingerprint density at radius 1 is 1.38 bits per heavy atom. The standard InChI is InChI=1S/C11H14OS/c1-8(12)10-4-2-3-5-11(10)9-6-13-7-9/h2-5,8-9,12H,6-7H2,1H3. The van der Waals surface area contributed by atoms with E-state index in [2.05, 4.69) is 12.1 Å². The summed E-state index contributed by atoms with van der Waals surface area (Å²) in [4.78, 5) is 0. The zero-order valence-electron chi connectivity index (χ0n) is 7.73. The Hall–Kier alpha value is -0.470. The Balaban J connectivity index is 2.31. The molecule has 70 valence electrons. The number of aliphatic hydroxyl groups is 1. The molecule has 0 saturated carbocycles. The van der Waals surface area contributed by atoms with E-state index in [-0.39, 0.29) is 6.10 Å². The lowest BCUT2D eigenvalue weighted by molar-refractivity contribution is 0.198. The number of hydrogen-bond acceptors (Lipinski definition) is 2. The molecule has 1 aliphatic heterocycles. The van der Waals surface area contributed by atoms with Crippen LogP contribution >= 0.6 is 11.8 Å². The third-order valence-corrected chi connectivity index (χ3v) is 3.80. The zero-order chi connectivity index (χ0) is 9.26. The van der Waals surface area contributed by atoms with Crippen molar-refractivity contribution in [1.82, 2.24) is 0 Å². The minimum Gasteiger partial charge on any atom is -0.389 e. The zero-order valence-corrected chi connectivity index (χ0v) is 8.55. The highest BCUT2D eigenvalue weighted by atomic mass is 32.2. The van der Waals surface area contributed by atoms with E-state index in [1.807, 2.05) is 30.8 Å². The average molecular weight is 194 g/mol. The molecule has 0 amide bonds. The second kappa shape index (κ2) is 3.72. The maximum Gasteiger partial charge on any atom is 0.0764 e. The molecule has 2 rings (SSSR count). The normalized spacial score (nSPS) is 19.5. The van der Waals surface area contributed by atoms with Gasteiger partial charge in [0, 0.05) is 17.4 Å². The fourth-order valence-electron chi connectivity index (χ4n) is 1.68. The number of hydrogen-bond donors (Lipinski definition) is 1. The molecule has 0 aliphatic carbocycles. The Labute approximate surface area is 83.2 Å². The van der Waals surface area contributed by atoms with Gasteiger partial charge in [-0.05, 0) is 18.1 Å². The van der Waals surface area contributed by atoms with Crippen LogP contribution in [-0.4, -0.2) is 16.6 Å². The average Bonchev–Trinajstić information content (AvgIpc) is 2.02. The lowest BCUT2D eigenvalue weighted by atomic mass is 9.94. The predicted octanol–water partition coefficient (Wildman–Crippen LogP) is 2.57. The van der Waals surface area contributed by atoms with Gasteiger partial charge in [0.05, 0.1) is 6.10 Å². The first-order chi connectivity index (χ1) is 6.29. The summed E-state index contributed by atoms with van der Waals surface area (Å²) in [5.74, 6) is 3.10. The van der Waals surface area contributed by atoms with Crippen molar-refractivity contribution >= 4 is 11.8 Å². The first-order valence-electron chi connectivity index (χ1n) is 4.63. The van der Waals surface area contributed by atoms with Gasteiger partial charge < -0.3 is 5.11 Å². The summed E-state index contributed by atoms with van der Waals surface area (Å²) in [6.07, 6.45) is -0.332. The summed E-state index contributed by atoms with van der Waals surface area (Å²) in [5.41, 5.74) is 2.45. The molecule has 1 aromatic rings. The summed E-state index contributed by atoms with van der Waals surface area (Å²) in [6, 6.07) is 8.23. The maximum absolute atomic E-state index is 9.57. The molecule has 1 heterocycles. The second-order valence-corrected chi connectivity index (χ2v) is 4.61. The van der Waals surface area contributed by atoms with Gasteiger partial charge in [0.1, 0.15) is 0 Å². The van der Waals surface area contributed by atoms with E-state index in [4.69, 9.17) is 0 Å². The fourth-order valence-corrected chi connectivity index (χ4v) is 2.51. The number of benzene rings is 1. The van der Waals surface area contributed by atoms with Crippen molar-refractivity contribution in [3.63, 3.8) is 0 Å². The van der Waals surface area contributed by atoms with Gasteiger partial charge in [-0.25, -0.2) is 0 Å². The maximum atomic E-state index is 9.57. The molecule has 13 heavy (non-hydrogen) atoms. The molecule has 1 aliphatic rings. The van der Waals surface area contributed by atoms with Crippen LogP contribution in [0, 0.1) is 0 Å². The molecule has 1 unspecified atom stereocenters. The number of thioether (sulfide) groups is 1. The lowest BCUT2D eigenvalue weighted by Crippen LogP contribution is -2.17. The van der Waals surface area contributed by atoms with Crippen LogP contribution in [0.15, 0.2) is 24.3 Å². The largest absolute Gasteiger partial charge is 0.389 e. The van der Waals surface area contributed by atoms with Crippen LogP contribution in [0.4, 0.5) is 0 Å². The van der Waals surface area contributed by atoms with Gasteiger partial charge in [-0.2, -0.15) is 11.8 Å². The van der Waals surface area contributed by atoms with Gasteiger partial charge in [0.25, 0.3) is 0 Å². The molecular formula is C11H14OS. The van der Waals surface area contributed by atoms with E-state index in [1.165, 1.54) is 17.1 Å². The monoisotopic (exact) mass is 194 g/mol. The first-order valence-corrected chi connectivity index (χ1v) is 5.79. The third-order valence-electron chi connectivity index (χ3n) is 2.52. The quantitative estimate of drug-likeness (QED) is 0.781. The van der Waals surface area contributed by atoms with Crippen LogP contribution in [0.1, 0.15) is 30.1 Å². The molecule has 1 saturated heterocycles. The third kappa shape index (κ3) is 1.74. The van der Waals surface area contributed by atoms with Crippen molar-refractivity contribution in [3.05, 3.63) is 35.4 Å². The number of rotatable bonds is 2. The Bertz CT molecular complexity index is 292. The van der Waals surface area contributed by atoms with Crippen LogP contribution in [-0.2, 0) is 0 Å². The van der Waals surface area contributed by atoms with Crippen molar-refractivity contribution in [1.29, 1.82) is 0 Å². The van der Waals surface area contributed by atoms with Crippen molar-refractivity contribution < 1.29 is 5.11 Å². The van der Waals surface area contributed by atoms with Crippen molar-refractivity contribution in [2.24, 2.45) is 0 Å². The predicted molar refractivity (Wildman–Crippen MR) is 57.1 cm³/mol.